The largest absolute Gasteiger partial charge is 0.490 e. The van der Waals surface area contributed by atoms with Crippen LogP contribution in [0.5, 0.6) is 11.5 Å². The van der Waals surface area contributed by atoms with Gasteiger partial charge < -0.3 is 24.1 Å². The number of amides is 1. The summed E-state index contributed by atoms with van der Waals surface area (Å²) < 4.78 is 22.7. The van der Waals surface area contributed by atoms with Crippen molar-refractivity contribution in [1.29, 1.82) is 0 Å². The van der Waals surface area contributed by atoms with Gasteiger partial charge in [0.2, 0.25) is 5.82 Å². The summed E-state index contributed by atoms with van der Waals surface area (Å²) in [6, 6.07) is 18.1. The molecule has 0 atom stereocenters. The van der Waals surface area contributed by atoms with Crippen molar-refractivity contribution in [2.75, 3.05) is 0 Å². The third-order valence-electron chi connectivity index (χ3n) is 7.08. The Morgan fingerprint density at radius 3 is 2.14 bits per heavy atom. The van der Waals surface area contributed by atoms with Crippen LogP contribution in [0.4, 0.5) is 4.79 Å². The molecule has 0 aliphatic heterocycles. The zero-order valence-electron chi connectivity index (χ0n) is 24.9. The van der Waals surface area contributed by atoms with Crippen LogP contribution in [0.1, 0.15) is 70.1 Å². The molecule has 2 aromatic heterocycles. The number of alkyl carbamates (subject to hydrolysis) is 1. The third-order valence-corrected chi connectivity index (χ3v) is 7.08. The van der Waals surface area contributed by atoms with Gasteiger partial charge in [-0.1, -0.05) is 43.3 Å². The van der Waals surface area contributed by atoms with Gasteiger partial charge in [0.05, 0.1) is 5.69 Å². The molecule has 4 aromatic rings. The molecule has 1 aliphatic carbocycles. The van der Waals surface area contributed by atoms with Crippen molar-refractivity contribution in [3.63, 3.8) is 0 Å². The smallest absolute Gasteiger partial charge is 0.407 e. The molecule has 2 heterocycles. The highest BCUT2D eigenvalue weighted by molar-refractivity contribution is 5.68. The molecule has 10 heteroatoms. The van der Waals surface area contributed by atoms with Crippen molar-refractivity contribution >= 4 is 6.09 Å². The summed E-state index contributed by atoms with van der Waals surface area (Å²) in [5.74, 6) is 2.73. The number of nitrogens with one attached hydrogen (secondary N) is 1. The van der Waals surface area contributed by atoms with Gasteiger partial charge in [0.15, 0.2) is 5.82 Å². The number of rotatable bonds is 9. The van der Waals surface area contributed by atoms with Gasteiger partial charge in [-0.3, -0.25) is 0 Å². The summed E-state index contributed by atoms with van der Waals surface area (Å²) in [6.45, 7) is 12.2. The van der Waals surface area contributed by atoms with E-state index < -0.39 is 0 Å². The van der Waals surface area contributed by atoms with Gasteiger partial charge >= 0.3 is 6.09 Å². The maximum Gasteiger partial charge on any atom is 0.407 e. The highest BCUT2D eigenvalue weighted by Crippen LogP contribution is 2.35. The van der Waals surface area contributed by atoms with Crippen molar-refractivity contribution in [3.05, 3.63) is 83.4 Å². The first-order chi connectivity index (χ1) is 19.9. The maximum atomic E-state index is 11.9. The minimum absolute atomic E-state index is 0.0424. The highest BCUT2D eigenvalue weighted by atomic mass is 16.6. The topological polar surface area (TPSA) is 121 Å². The van der Waals surface area contributed by atoms with Crippen molar-refractivity contribution in [2.45, 2.75) is 84.2 Å². The molecule has 220 valence electrons. The highest BCUT2D eigenvalue weighted by Gasteiger charge is 2.34. The molecule has 1 fully saturated rings. The van der Waals surface area contributed by atoms with E-state index in [-0.39, 0.29) is 41.8 Å². The number of aromatic nitrogens is 4. The molecule has 42 heavy (non-hydrogen) atoms. The summed E-state index contributed by atoms with van der Waals surface area (Å²) in [5, 5.41) is 6.61. The third kappa shape index (κ3) is 7.23. The molecule has 1 N–H and O–H groups in total. The number of benzene rings is 2. The lowest BCUT2D eigenvalue weighted by molar-refractivity contribution is -0.0243. The van der Waals surface area contributed by atoms with E-state index in [1.54, 1.807) is 19.2 Å². The molecule has 1 amide bonds. The predicted octanol–water partition coefficient (Wildman–Crippen LogP) is 6.17. The fourth-order valence-corrected chi connectivity index (χ4v) is 4.60. The van der Waals surface area contributed by atoms with Crippen LogP contribution in [0, 0.1) is 6.92 Å². The Morgan fingerprint density at radius 2 is 1.55 bits per heavy atom. The molecule has 2 aromatic carbocycles. The Labute approximate surface area is 245 Å². The summed E-state index contributed by atoms with van der Waals surface area (Å²) in [7, 11) is 0. The number of hydrogen-bond donors (Lipinski definition) is 1. The standard InChI is InChI=1S/C32H37N5O5/c1-20-34-29(42-37-20)28-33-16-15-23(35-28)19-39-24-11-7-21(8-12-24)32(5,6)22-9-13-25(14-10-22)40-26-17-27(18-26)41-30(38)36-31(2,3)4/h7-16,26-27H,17-19H2,1-6H3,(H,36,38). The lowest BCUT2D eigenvalue weighted by Gasteiger charge is -2.35. The normalized spacial score (nSPS) is 16.8. The first kappa shape index (κ1) is 29.0. The summed E-state index contributed by atoms with van der Waals surface area (Å²) in [5.41, 5.74) is 2.49. The van der Waals surface area contributed by atoms with Crippen molar-refractivity contribution in [2.24, 2.45) is 0 Å². The summed E-state index contributed by atoms with van der Waals surface area (Å²) in [6.07, 6.45) is 2.58. The molecule has 0 bridgehead atoms. The Balaban J connectivity index is 1.12. The van der Waals surface area contributed by atoms with E-state index in [0.717, 1.165) is 17.1 Å². The zero-order valence-corrected chi connectivity index (χ0v) is 24.9. The van der Waals surface area contributed by atoms with Crippen LogP contribution in [0.15, 0.2) is 65.3 Å². The number of nitrogens with zero attached hydrogens (tertiary/aromatic N) is 4. The molecular formula is C32H37N5O5. The fraction of sp³-hybridized carbons (Fsp3) is 0.406. The van der Waals surface area contributed by atoms with Crippen LogP contribution < -0.4 is 14.8 Å². The van der Waals surface area contributed by atoms with Crippen LogP contribution in [-0.2, 0) is 16.8 Å². The van der Waals surface area contributed by atoms with Crippen LogP contribution in [0.2, 0.25) is 0 Å². The van der Waals surface area contributed by atoms with E-state index in [4.69, 9.17) is 18.7 Å². The van der Waals surface area contributed by atoms with Gasteiger partial charge in [-0.25, -0.2) is 14.8 Å². The SMILES string of the molecule is Cc1noc(-c2nccc(COc3ccc(C(C)(C)c4ccc(OC5CC(OC(=O)NC(C)(C)C)C5)cc4)cc3)n2)n1. The van der Waals surface area contributed by atoms with Gasteiger partial charge in [-0.05, 0) is 69.2 Å². The molecule has 0 spiro atoms. The zero-order chi connectivity index (χ0) is 29.9. The van der Waals surface area contributed by atoms with E-state index >= 15 is 0 Å². The van der Waals surface area contributed by atoms with Crippen LogP contribution in [0.25, 0.3) is 11.7 Å². The number of ether oxygens (including phenoxy) is 3. The quantitative estimate of drug-likeness (QED) is 0.251. The van der Waals surface area contributed by atoms with Gasteiger partial charge in [0.1, 0.15) is 30.3 Å². The van der Waals surface area contributed by atoms with Crippen molar-refractivity contribution in [1.82, 2.24) is 25.4 Å². The molecule has 1 saturated carbocycles. The Bertz CT molecular complexity index is 1500. The predicted molar refractivity (Wildman–Crippen MR) is 156 cm³/mol. The second-order valence-electron chi connectivity index (χ2n) is 12.1. The van der Waals surface area contributed by atoms with E-state index in [1.807, 2.05) is 45.0 Å². The first-order valence-electron chi connectivity index (χ1n) is 14.1. The second-order valence-corrected chi connectivity index (χ2v) is 12.1. The average Bonchev–Trinajstić information content (AvgIpc) is 3.37. The van der Waals surface area contributed by atoms with E-state index in [1.165, 1.54) is 5.56 Å². The monoisotopic (exact) mass is 571 g/mol. The molecular weight excluding hydrogens is 534 g/mol. The lowest BCUT2D eigenvalue weighted by atomic mass is 9.78. The van der Waals surface area contributed by atoms with Crippen molar-refractivity contribution in [3.8, 4) is 23.2 Å². The van der Waals surface area contributed by atoms with Crippen LogP contribution in [0.3, 0.4) is 0 Å². The summed E-state index contributed by atoms with van der Waals surface area (Å²) in [4.78, 5) is 24.8. The first-order valence-corrected chi connectivity index (χ1v) is 14.1. The molecule has 10 nitrogen and oxygen atoms in total. The van der Waals surface area contributed by atoms with E-state index in [0.29, 0.717) is 30.2 Å². The number of aryl methyl sites for hydroxylation is 1. The minimum Gasteiger partial charge on any atom is -0.490 e. The Morgan fingerprint density at radius 1 is 0.905 bits per heavy atom. The Hall–Kier alpha value is -4.47. The van der Waals surface area contributed by atoms with Gasteiger partial charge in [-0.2, -0.15) is 4.98 Å². The number of hydrogen-bond acceptors (Lipinski definition) is 9. The van der Waals surface area contributed by atoms with Gasteiger partial charge in [0, 0.05) is 30.0 Å². The van der Waals surface area contributed by atoms with Crippen LogP contribution in [-0.4, -0.2) is 43.9 Å². The van der Waals surface area contributed by atoms with E-state index in [2.05, 4.69) is 63.5 Å². The van der Waals surface area contributed by atoms with Gasteiger partial charge in [-0.15, -0.1) is 0 Å². The lowest BCUT2D eigenvalue weighted by Crippen LogP contribution is -2.46. The maximum absolute atomic E-state index is 11.9. The molecule has 5 rings (SSSR count). The number of carbonyl (C=O) groups is 1. The molecule has 0 radical (unpaired) electrons. The molecule has 1 aliphatic rings. The van der Waals surface area contributed by atoms with Gasteiger partial charge in [0.25, 0.3) is 5.89 Å². The minimum atomic E-state index is -0.381. The van der Waals surface area contributed by atoms with Crippen molar-refractivity contribution < 1.29 is 23.5 Å². The molecule has 0 saturated heterocycles. The summed E-state index contributed by atoms with van der Waals surface area (Å²) >= 11 is 0. The van der Waals surface area contributed by atoms with E-state index in [9.17, 15) is 4.79 Å². The number of carbonyl (C=O) groups excluding carboxylic acids is 1. The second kappa shape index (κ2) is 11.8. The fourth-order valence-electron chi connectivity index (χ4n) is 4.60. The van der Waals surface area contributed by atoms with Crippen LogP contribution >= 0.6 is 0 Å². The average molecular weight is 572 g/mol. The molecule has 0 unspecified atom stereocenters. The Kier molecular flexibility index (Phi) is 8.15.